The van der Waals surface area contributed by atoms with E-state index >= 15 is 0 Å². The van der Waals surface area contributed by atoms with Crippen LogP contribution < -0.4 is 0 Å². The molecule has 0 spiro atoms. The van der Waals surface area contributed by atoms with Crippen LogP contribution in [0.25, 0.3) is 11.6 Å². The molecule has 0 radical (unpaired) electrons. The zero-order valence-electron chi connectivity index (χ0n) is 8.84. The van der Waals surface area contributed by atoms with Gasteiger partial charge in [0.1, 0.15) is 0 Å². The van der Waals surface area contributed by atoms with Crippen molar-refractivity contribution in [2.75, 3.05) is 0 Å². The third kappa shape index (κ3) is 2.65. The predicted octanol–water partition coefficient (Wildman–Crippen LogP) is 4.23. The molecule has 1 heteroatoms. The van der Waals surface area contributed by atoms with Crippen LogP contribution in [-0.4, -0.2) is 5.37 Å². The summed E-state index contributed by atoms with van der Waals surface area (Å²) in [6.45, 7) is 0. The van der Waals surface area contributed by atoms with Crippen molar-refractivity contribution in [3.8, 4) is 0 Å². The average Bonchev–Trinajstić information content (AvgIpc) is 2.38. The second-order valence-electron chi connectivity index (χ2n) is 3.49. The summed E-state index contributed by atoms with van der Waals surface area (Å²) >= 11 is 5.06. The van der Waals surface area contributed by atoms with E-state index in [1.54, 1.807) is 5.37 Å². The summed E-state index contributed by atoms with van der Waals surface area (Å²) in [5, 5.41) is 1.72. The molecular formula is C15H12S. The van der Waals surface area contributed by atoms with Crippen LogP contribution >= 0.6 is 12.2 Å². The van der Waals surface area contributed by atoms with Gasteiger partial charge in [0.15, 0.2) is 0 Å². The molecule has 0 aliphatic carbocycles. The minimum Gasteiger partial charge on any atom is -0.0881 e. The van der Waals surface area contributed by atoms with E-state index in [0.717, 1.165) is 11.1 Å². The Labute approximate surface area is 101 Å². The molecule has 0 saturated carbocycles. The highest BCUT2D eigenvalue weighted by molar-refractivity contribution is 7.79. The van der Waals surface area contributed by atoms with Gasteiger partial charge in [0.05, 0.1) is 0 Å². The highest BCUT2D eigenvalue weighted by atomic mass is 32.1. The molecule has 0 bridgehead atoms. The lowest BCUT2D eigenvalue weighted by molar-refractivity contribution is 1.63. The summed E-state index contributed by atoms with van der Waals surface area (Å²) in [6, 6.07) is 20.4. The van der Waals surface area contributed by atoms with Crippen molar-refractivity contribution in [3.63, 3.8) is 0 Å². The van der Waals surface area contributed by atoms with Crippen molar-refractivity contribution in [1.29, 1.82) is 0 Å². The topological polar surface area (TPSA) is 0 Å². The van der Waals surface area contributed by atoms with E-state index in [0.29, 0.717) is 0 Å². The Balaban J connectivity index is 2.38. The summed E-state index contributed by atoms with van der Waals surface area (Å²) in [5.74, 6) is 0. The Morgan fingerprint density at radius 2 is 1.38 bits per heavy atom. The van der Waals surface area contributed by atoms with Gasteiger partial charge < -0.3 is 0 Å². The zero-order chi connectivity index (χ0) is 11.2. The van der Waals surface area contributed by atoms with Crippen molar-refractivity contribution in [2.45, 2.75) is 0 Å². The second-order valence-corrected chi connectivity index (χ2v) is 3.73. The third-order valence-electron chi connectivity index (χ3n) is 2.36. The van der Waals surface area contributed by atoms with Crippen LogP contribution in [0, 0.1) is 0 Å². The van der Waals surface area contributed by atoms with Gasteiger partial charge in [0.2, 0.25) is 0 Å². The zero-order valence-corrected chi connectivity index (χ0v) is 9.65. The van der Waals surface area contributed by atoms with Crippen molar-refractivity contribution in [2.24, 2.45) is 0 Å². The van der Waals surface area contributed by atoms with Crippen molar-refractivity contribution in [3.05, 3.63) is 71.8 Å². The molecule has 0 nitrogen and oxygen atoms in total. The Hall–Kier alpha value is -1.73. The van der Waals surface area contributed by atoms with Gasteiger partial charge >= 0.3 is 0 Å². The SMILES string of the molecule is S=C/C(=C\c1ccccc1)c1ccccc1. The Bertz CT molecular complexity index is 483. The number of thiocarbonyl (C=S) groups is 1. The average molecular weight is 224 g/mol. The molecule has 0 unspecified atom stereocenters. The fraction of sp³-hybridized carbons (Fsp3) is 0. The molecule has 2 rings (SSSR count). The summed E-state index contributed by atoms with van der Waals surface area (Å²) in [4.78, 5) is 0. The monoisotopic (exact) mass is 224 g/mol. The molecule has 0 fully saturated rings. The van der Waals surface area contributed by atoms with E-state index in [1.165, 1.54) is 5.56 Å². The maximum absolute atomic E-state index is 5.06. The van der Waals surface area contributed by atoms with E-state index < -0.39 is 0 Å². The van der Waals surface area contributed by atoms with Crippen molar-refractivity contribution in [1.82, 2.24) is 0 Å². The Morgan fingerprint density at radius 1 is 0.812 bits per heavy atom. The summed E-state index contributed by atoms with van der Waals surface area (Å²) < 4.78 is 0. The molecule has 0 aromatic heterocycles. The Kier molecular flexibility index (Phi) is 3.62. The number of hydrogen-bond acceptors (Lipinski definition) is 1. The maximum Gasteiger partial charge on any atom is 0.00923 e. The molecule has 16 heavy (non-hydrogen) atoms. The van der Waals surface area contributed by atoms with Gasteiger partial charge in [0.25, 0.3) is 0 Å². The predicted molar refractivity (Wildman–Crippen MR) is 74.4 cm³/mol. The molecule has 0 amide bonds. The molecule has 0 aliphatic heterocycles. The largest absolute Gasteiger partial charge is 0.0881 e. The third-order valence-corrected chi connectivity index (χ3v) is 2.61. The van der Waals surface area contributed by atoms with Crippen LogP contribution in [0.2, 0.25) is 0 Å². The minimum atomic E-state index is 1.07. The van der Waals surface area contributed by atoms with Gasteiger partial charge in [-0.1, -0.05) is 72.9 Å². The lowest BCUT2D eigenvalue weighted by Crippen LogP contribution is -1.83. The van der Waals surface area contributed by atoms with E-state index in [-0.39, 0.29) is 0 Å². The summed E-state index contributed by atoms with van der Waals surface area (Å²) in [6.07, 6.45) is 2.10. The van der Waals surface area contributed by atoms with E-state index in [1.807, 2.05) is 36.4 Å². The number of benzene rings is 2. The Morgan fingerprint density at radius 3 is 1.94 bits per heavy atom. The number of hydrogen-bond donors (Lipinski definition) is 0. The standard InChI is InChI=1S/C15H12S/c16-12-15(14-9-5-2-6-10-14)11-13-7-3-1-4-8-13/h1-12H/b15-11+. The van der Waals surface area contributed by atoms with Crippen LogP contribution in [0.1, 0.15) is 11.1 Å². The van der Waals surface area contributed by atoms with E-state index in [4.69, 9.17) is 12.2 Å². The second kappa shape index (κ2) is 5.38. The molecule has 2 aromatic rings. The smallest absolute Gasteiger partial charge is 0.00923 e. The number of rotatable bonds is 3. The lowest BCUT2D eigenvalue weighted by Gasteiger charge is -2.01. The molecule has 0 saturated heterocycles. The maximum atomic E-state index is 5.06. The molecule has 0 N–H and O–H groups in total. The first-order valence-corrected chi connectivity index (χ1v) is 5.64. The fourth-order valence-electron chi connectivity index (χ4n) is 1.54. The first-order chi connectivity index (χ1) is 7.90. The van der Waals surface area contributed by atoms with Gasteiger partial charge in [-0.15, -0.1) is 0 Å². The molecule has 0 aliphatic rings. The van der Waals surface area contributed by atoms with Gasteiger partial charge in [0, 0.05) is 5.37 Å². The van der Waals surface area contributed by atoms with Crippen LogP contribution in [0.3, 0.4) is 0 Å². The van der Waals surface area contributed by atoms with Crippen LogP contribution in [0.5, 0.6) is 0 Å². The first-order valence-electron chi connectivity index (χ1n) is 5.17. The van der Waals surface area contributed by atoms with Gasteiger partial charge in [-0.3, -0.25) is 0 Å². The van der Waals surface area contributed by atoms with Crippen LogP contribution in [0.15, 0.2) is 60.7 Å². The lowest BCUT2D eigenvalue weighted by atomic mass is 10.0. The minimum absolute atomic E-state index is 1.07. The summed E-state index contributed by atoms with van der Waals surface area (Å²) in [5.41, 5.74) is 3.39. The van der Waals surface area contributed by atoms with Crippen molar-refractivity contribution < 1.29 is 0 Å². The molecule has 0 heterocycles. The van der Waals surface area contributed by atoms with Gasteiger partial charge in [-0.05, 0) is 22.8 Å². The molecule has 2 aromatic carbocycles. The molecule has 0 atom stereocenters. The van der Waals surface area contributed by atoms with Crippen LogP contribution in [0.4, 0.5) is 0 Å². The summed E-state index contributed by atoms with van der Waals surface area (Å²) in [7, 11) is 0. The highest BCUT2D eigenvalue weighted by Crippen LogP contribution is 2.16. The van der Waals surface area contributed by atoms with Crippen molar-refractivity contribution >= 4 is 29.2 Å². The van der Waals surface area contributed by atoms with Gasteiger partial charge in [-0.25, -0.2) is 0 Å². The first kappa shape index (κ1) is 10.8. The molecular weight excluding hydrogens is 212 g/mol. The van der Waals surface area contributed by atoms with Crippen LogP contribution in [-0.2, 0) is 0 Å². The highest BCUT2D eigenvalue weighted by Gasteiger charge is 1.96. The van der Waals surface area contributed by atoms with E-state index in [2.05, 4.69) is 30.3 Å². The fourth-order valence-corrected chi connectivity index (χ4v) is 1.75. The normalized spacial score (nSPS) is 11.1. The number of allylic oxidation sites excluding steroid dienone is 1. The quantitative estimate of drug-likeness (QED) is 0.427. The molecule has 78 valence electrons. The van der Waals surface area contributed by atoms with Gasteiger partial charge in [-0.2, -0.15) is 0 Å². The van der Waals surface area contributed by atoms with E-state index in [9.17, 15) is 0 Å².